The molecule has 3 heterocycles. The van der Waals surface area contributed by atoms with E-state index in [1.807, 2.05) is 12.3 Å². The Morgan fingerprint density at radius 2 is 2.16 bits per heavy atom. The number of piperidine rings is 1. The number of hydrogen-bond donors (Lipinski definition) is 1. The van der Waals surface area contributed by atoms with Crippen LogP contribution in [0.25, 0.3) is 0 Å². The number of nitrogens with zero attached hydrogens (tertiary/aromatic N) is 3. The second-order valence-corrected chi connectivity index (χ2v) is 7.37. The van der Waals surface area contributed by atoms with Gasteiger partial charge in [0.15, 0.2) is 0 Å². The summed E-state index contributed by atoms with van der Waals surface area (Å²) in [5, 5.41) is 3.20. The number of hydrogen-bond acceptors (Lipinski definition) is 5. The number of nitrogens with one attached hydrogen (secondary N) is 1. The van der Waals surface area contributed by atoms with Gasteiger partial charge in [0, 0.05) is 57.2 Å². The van der Waals surface area contributed by atoms with Crippen molar-refractivity contribution in [3.63, 3.8) is 0 Å². The topological polar surface area (TPSA) is 57.7 Å². The van der Waals surface area contributed by atoms with Gasteiger partial charge < -0.3 is 10.1 Å². The highest BCUT2D eigenvalue weighted by Crippen LogP contribution is 2.15. The fraction of sp³-hybridized carbons (Fsp3) is 0.684. The Kier molecular flexibility index (Phi) is 6.39. The predicted molar refractivity (Wildman–Crippen MR) is 97.1 cm³/mol. The quantitative estimate of drug-likeness (QED) is 0.870. The van der Waals surface area contributed by atoms with Gasteiger partial charge in [0.05, 0.1) is 6.61 Å². The maximum absolute atomic E-state index is 12.5. The molecule has 2 aliphatic rings. The van der Waals surface area contributed by atoms with Gasteiger partial charge in [-0.2, -0.15) is 0 Å². The first-order valence-electron chi connectivity index (χ1n) is 9.39. The van der Waals surface area contributed by atoms with E-state index in [-0.39, 0.29) is 18.1 Å². The fourth-order valence-electron chi connectivity index (χ4n) is 3.58. The zero-order valence-electron chi connectivity index (χ0n) is 15.4. The van der Waals surface area contributed by atoms with Crippen LogP contribution in [0.4, 0.5) is 0 Å². The second kappa shape index (κ2) is 8.74. The van der Waals surface area contributed by atoms with E-state index >= 15 is 0 Å². The van der Waals surface area contributed by atoms with Crippen LogP contribution in [0.15, 0.2) is 24.5 Å². The van der Waals surface area contributed by atoms with Crippen molar-refractivity contribution in [2.75, 3.05) is 32.8 Å². The maximum atomic E-state index is 12.5. The summed E-state index contributed by atoms with van der Waals surface area (Å²) in [6.07, 6.45) is 5.39. The average Bonchev–Trinajstić information content (AvgIpc) is 2.64. The molecule has 0 bridgehead atoms. The Morgan fingerprint density at radius 1 is 1.36 bits per heavy atom. The summed E-state index contributed by atoms with van der Waals surface area (Å²) in [6.45, 7) is 9.52. The number of morpholine rings is 1. The molecule has 138 valence electrons. The lowest BCUT2D eigenvalue weighted by Gasteiger charge is -2.36. The van der Waals surface area contributed by atoms with E-state index in [1.54, 1.807) is 6.20 Å². The van der Waals surface area contributed by atoms with Gasteiger partial charge in [0.25, 0.3) is 5.91 Å². The number of carbonyl (C=O) groups excluding carboxylic acids is 1. The lowest BCUT2D eigenvalue weighted by molar-refractivity contribution is -0.140. The summed E-state index contributed by atoms with van der Waals surface area (Å²) in [4.78, 5) is 21.4. The molecule has 1 N–H and O–H groups in total. The smallest absolute Gasteiger partial charge is 0.250 e. The molecule has 6 nitrogen and oxygen atoms in total. The molecule has 3 rings (SSSR count). The number of ether oxygens (including phenoxy) is 1. The van der Waals surface area contributed by atoms with Gasteiger partial charge in [-0.05, 0) is 38.3 Å². The van der Waals surface area contributed by atoms with Crippen molar-refractivity contribution in [1.82, 2.24) is 20.1 Å². The number of aromatic nitrogens is 1. The number of pyridine rings is 1. The van der Waals surface area contributed by atoms with Crippen molar-refractivity contribution >= 4 is 5.91 Å². The summed E-state index contributed by atoms with van der Waals surface area (Å²) in [7, 11) is 0. The molecule has 0 radical (unpaired) electrons. The molecule has 1 amide bonds. The zero-order valence-corrected chi connectivity index (χ0v) is 15.4. The maximum Gasteiger partial charge on any atom is 0.250 e. The lowest BCUT2D eigenvalue weighted by atomic mass is 10.0. The van der Waals surface area contributed by atoms with Gasteiger partial charge in [0.1, 0.15) is 6.10 Å². The van der Waals surface area contributed by atoms with Crippen molar-refractivity contribution in [3.8, 4) is 0 Å². The summed E-state index contributed by atoms with van der Waals surface area (Å²) in [6, 6.07) is 4.81. The minimum Gasteiger partial charge on any atom is -0.366 e. The highest BCUT2D eigenvalue weighted by molar-refractivity contribution is 5.81. The van der Waals surface area contributed by atoms with Crippen LogP contribution in [-0.4, -0.2) is 71.7 Å². The third-order valence-electron chi connectivity index (χ3n) is 5.18. The average molecular weight is 346 g/mol. The minimum atomic E-state index is -0.329. The van der Waals surface area contributed by atoms with Gasteiger partial charge in [-0.1, -0.05) is 6.07 Å². The molecular weight excluding hydrogens is 316 g/mol. The Bertz CT molecular complexity index is 544. The number of likely N-dealkylation sites (tertiary alicyclic amines) is 1. The lowest BCUT2D eigenvalue weighted by Crippen LogP contribution is -2.54. The van der Waals surface area contributed by atoms with Gasteiger partial charge in [-0.15, -0.1) is 0 Å². The van der Waals surface area contributed by atoms with Gasteiger partial charge in [-0.25, -0.2) is 0 Å². The zero-order chi connectivity index (χ0) is 17.6. The van der Waals surface area contributed by atoms with Crippen LogP contribution in [0.1, 0.15) is 32.3 Å². The van der Waals surface area contributed by atoms with Gasteiger partial charge in [-0.3, -0.25) is 19.6 Å². The summed E-state index contributed by atoms with van der Waals surface area (Å²) in [5.41, 5.74) is 1.24. The largest absolute Gasteiger partial charge is 0.366 e. The van der Waals surface area contributed by atoms with E-state index in [2.05, 4.69) is 40.0 Å². The second-order valence-electron chi connectivity index (χ2n) is 7.37. The van der Waals surface area contributed by atoms with E-state index in [4.69, 9.17) is 4.74 Å². The molecule has 2 aliphatic heterocycles. The van der Waals surface area contributed by atoms with E-state index in [9.17, 15) is 4.79 Å². The molecule has 0 unspecified atom stereocenters. The Morgan fingerprint density at radius 3 is 2.84 bits per heavy atom. The third kappa shape index (κ3) is 5.23. The number of rotatable bonds is 5. The van der Waals surface area contributed by atoms with Gasteiger partial charge in [0.2, 0.25) is 0 Å². The van der Waals surface area contributed by atoms with E-state index in [0.29, 0.717) is 19.2 Å². The van der Waals surface area contributed by atoms with E-state index in [0.717, 1.165) is 39.0 Å². The molecule has 2 fully saturated rings. The number of carbonyl (C=O) groups is 1. The molecule has 25 heavy (non-hydrogen) atoms. The van der Waals surface area contributed by atoms with Gasteiger partial charge >= 0.3 is 0 Å². The molecule has 0 aliphatic carbocycles. The van der Waals surface area contributed by atoms with Crippen LogP contribution >= 0.6 is 0 Å². The summed E-state index contributed by atoms with van der Waals surface area (Å²) >= 11 is 0. The highest BCUT2D eigenvalue weighted by Gasteiger charge is 2.30. The monoisotopic (exact) mass is 346 g/mol. The van der Waals surface area contributed by atoms with Crippen molar-refractivity contribution in [3.05, 3.63) is 30.1 Å². The van der Waals surface area contributed by atoms with Crippen molar-refractivity contribution < 1.29 is 9.53 Å². The van der Waals surface area contributed by atoms with Crippen LogP contribution in [0.3, 0.4) is 0 Å². The van der Waals surface area contributed by atoms with Crippen LogP contribution in [0.2, 0.25) is 0 Å². The SMILES string of the molecule is CC(C)N1CCO[C@H](C(=O)NC2CCN(Cc3cccnc3)CC2)C1. The third-order valence-corrected chi connectivity index (χ3v) is 5.18. The van der Waals surface area contributed by atoms with Crippen molar-refractivity contribution in [2.45, 2.75) is 51.4 Å². The van der Waals surface area contributed by atoms with Crippen LogP contribution in [0, 0.1) is 0 Å². The molecule has 0 aromatic carbocycles. The predicted octanol–water partition coefficient (Wildman–Crippen LogP) is 1.27. The summed E-state index contributed by atoms with van der Waals surface area (Å²) < 4.78 is 5.69. The van der Waals surface area contributed by atoms with E-state index < -0.39 is 0 Å². The first-order valence-corrected chi connectivity index (χ1v) is 9.39. The molecule has 1 aromatic heterocycles. The highest BCUT2D eigenvalue weighted by atomic mass is 16.5. The standard InChI is InChI=1S/C19H30N4O2/c1-15(2)23-10-11-25-18(14-23)19(24)21-17-5-8-22(9-6-17)13-16-4-3-7-20-12-16/h3-4,7,12,15,17-18H,5-6,8-11,13-14H2,1-2H3,(H,21,24)/t18-/m0/s1. The first-order chi connectivity index (χ1) is 12.1. The number of amides is 1. The van der Waals surface area contributed by atoms with E-state index in [1.165, 1.54) is 5.56 Å². The van der Waals surface area contributed by atoms with Crippen LogP contribution in [0.5, 0.6) is 0 Å². The first kappa shape index (κ1) is 18.3. The van der Waals surface area contributed by atoms with Crippen LogP contribution in [-0.2, 0) is 16.1 Å². The molecular formula is C19H30N4O2. The Labute approximate surface area is 150 Å². The van der Waals surface area contributed by atoms with Crippen molar-refractivity contribution in [1.29, 1.82) is 0 Å². The normalized spacial score (nSPS) is 23.7. The Balaban J connectivity index is 1.42. The Hall–Kier alpha value is -1.50. The van der Waals surface area contributed by atoms with Crippen LogP contribution < -0.4 is 5.32 Å². The summed E-state index contributed by atoms with van der Waals surface area (Å²) in [5.74, 6) is 0.0519. The molecule has 0 spiro atoms. The van der Waals surface area contributed by atoms with Crippen molar-refractivity contribution in [2.24, 2.45) is 0 Å². The molecule has 6 heteroatoms. The fourth-order valence-corrected chi connectivity index (χ4v) is 3.58. The molecule has 2 saturated heterocycles. The minimum absolute atomic E-state index is 0.0519. The molecule has 1 atom stereocenters. The molecule has 0 saturated carbocycles. The molecule has 1 aromatic rings.